The minimum Gasteiger partial charge on any atom is -0.461 e. The van der Waals surface area contributed by atoms with Gasteiger partial charge >= 0.3 is 0 Å². The van der Waals surface area contributed by atoms with Crippen LogP contribution in [0.2, 0.25) is 0 Å². The van der Waals surface area contributed by atoms with Crippen molar-refractivity contribution >= 4 is 16.9 Å². The number of aryl methyl sites for hydroxylation is 1. The molecule has 0 spiro atoms. The largest absolute Gasteiger partial charge is 0.461 e. The Morgan fingerprint density at radius 3 is 2.68 bits per heavy atom. The van der Waals surface area contributed by atoms with E-state index >= 15 is 0 Å². The summed E-state index contributed by atoms with van der Waals surface area (Å²) in [7, 11) is 0. The monoisotopic (exact) mass is 331 g/mol. The zero-order chi connectivity index (χ0) is 17.1. The van der Waals surface area contributed by atoms with E-state index in [0.29, 0.717) is 12.8 Å². The van der Waals surface area contributed by atoms with Crippen LogP contribution in [0.5, 0.6) is 0 Å². The number of imidazole rings is 1. The van der Waals surface area contributed by atoms with Gasteiger partial charge < -0.3 is 4.42 Å². The number of amides is 1. The summed E-state index contributed by atoms with van der Waals surface area (Å²) < 4.78 is 7.47. The number of nitrogens with one attached hydrogen (secondary N) is 1. The summed E-state index contributed by atoms with van der Waals surface area (Å²) in [4.78, 5) is 16.5. The average Bonchev–Trinajstić information content (AvgIpc) is 3.28. The van der Waals surface area contributed by atoms with Gasteiger partial charge in [-0.25, -0.2) is 9.66 Å². The molecule has 5 heteroatoms. The highest BCUT2D eigenvalue weighted by molar-refractivity contribution is 5.86. The van der Waals surface area contributed by atoms with E-state index in [-0.39, 0.29) is 5.91 Å². The quantitative estimate of drug-likeness (QED) is 0.601. The van der Waals surface area contributed by atoms with E-state index in [1.807, 2.05) is 66.7 Å². The molecule has 4 aromatic rings. The first-order chi connectivity index (χ1) is 12.3. The van der Waals surface area contributed by atoms with Crippen molar-refractivity contribution < 1.29 is 9.21 Å². The highest BCUT2D eigenvalue weighted by Gasteiger charge is 2.09. The lowest BCUT2D eigenvalue weighted by Gasteiger charge is -2.06. The molecule has 25 heavy (non-hydrogen) atoms. The molecule has 1 amide bonds. The Hall–Kier alpha value is -3.34. The summed E-state index contributed by atoms with van der Waals surface area (Å²) in [5, 5.41) is 0. The molecule has 0 fully saturated rings. The van der Waals surface area contributed by atoms with Gasteiger partial charge in [0.25, 0.3) is 0 Å². The highest BCUT2D eigenvalue weighted by Crippen LogP contribution is 2.22. The normalized spacial score (nSPS) is 10.9. The first-order valence-corrected chi connectivity index (χ1v) is 8.16. The van der Waals surface area contributed by atoms with E-state index in [9.17, 15) is 4.79 Å². The van der Waals surface area contributed by atoms with Crippen LogP contribution < -0.4 is 5.43 Å². The first kappa shape index (κ1) is 15.2. The summed E-state index contributed by atoms with van der Waals surface area (Å²) >= 11 is 0. The SMILES string of the molecule is O=C(CCc1ccc(-c2ccccc2)o1)Nn1cnc2ccccc21. The van der Waals surface area contributed by atoms with Crippen molar-refractivity contribution in [2.45, 2.75) is 12.8 Å². The molecule has 1 N–H and O–H groups in total. The van der Waals surface area contributed by atoms with Crippen LogP contribution in [0.4, 0.5) is 0 Å². The van der Waals surface area contributed by atoms with Crippen LogP contribution in [-0.4, -0.2) is 15.6 Å². The Morgan fingerprint density at radius 1 is 1.00 bits per heavy atom. The number of carbonyl (C=O) groups excluding carboxylic acids is 1. The van der Waals surface area contributed by atoms with Crippen molar-refractivity contribution in [3.63, 3.8) is 0 Å². The fraction of sp³-hybridized carbons (Fsp3) is 0.100. The summed E-state index contributed by atoms with van der Waals surface area (Å²) in [5.41, 5.74) is 5.60. The van der Waals surface area contributed by atoms with Crippen molar-refractivity contribution in [3.8, 4) is 11.3 Å². The molecular formula is C20H17N3O2. The molecule has 0 unspecified atom stereocenters. The summed E-state index contributed by atoms with van der Waals surface area (Å²) in [6.45, 7) is 0. The van der Waals surface area contributed by atoms with E-state index in [2.05, 4.69) is 10.4 Å². The number of furan rings is 1. The molecule has 4 rings (SSSR count). The number of rotatable bonds is 5. The molecule has 124 valence electrons. The van der Waals surface area contributed by atoms with Gasteiger partial charge in [0, 0.05) is 18.4 Å². The minimum absolute atomic E-state index is 0.0826. The Balaban J connectivity index is 1.38. The number of hydrogen-bond donors (Lipinski definition) is 1. The Labute approximate surface area is 144 Å². The second-order valence-electron chi connectivity index (χ2n) is 5.77. The lowest BCUT2D eigenvalue weighted by molar-refractivity contribution is -0.117. The molecule has 0 aliphatic rings. The zero-order valence-corrected chi connectivity index (χ0v) is 13.6. The molecule has 5 nitrogen and oxygen atoms in total. The van der Waals surface area contributed by atoms with Crippen molar-refractivity contribution in [2.75, 3.05) is 5.43 Å². The fourth-order valence-electron chi connectivity index (χ4n) is 2.75. The van der Waals surface area contributed by atoms with Crippen molar-refractivity contribution in [3.05, 3.63) is 78.8 Å². The third-order valence-corrected chi connectivity index (χ3v) is 4.02. The van der Waals surface area contributed by atoms with Crippen LogP contribution in [0, 0.1) is 0 Å². The van der Waals surface area contributed by atoms with E-state index in [1.54, 1.807) is 11.0 Å². The molecule has 0 bridgehead atoms. The Bertz CT molecular complexity index is 1000. The standard InChI is InChI=1S/C20H17N3O2/c24-20(22-23-14-21-17-8-4-5-9-18(17)23)13-11-16-10-12-19(25-16)15-6-2-1-3-7-15/h1-10,12,14H,11,13H2,(H,22,24). The van der Waals surface area contributed by atoms with Gasteiger partial charge in [0.1, 0.15) is 17.8 Å². The first-order valence-electron chi connectivity index (χ1n) is 8.16. The van der Waals surface area contributed by atoms with Gasteiger partial charge in [-0.1, -0.05) is 42.5 Å². The zero-order valence-electron chi connectivity index (χ0n) is 13.6. The molecular weight excluding hydrogens is 314 g/mol. The van der Waals surface area contributed by atoms with E-state index in [0.717, 1.165) is 28.1 Å². The van der Waals surface area contributed by atoms with Crippen molar-refractivity contribution in [2.24, 2.45) is 0 Å². The average molecular weight is 331 g/mol. The number of carbonyl (C=O) groups is 1. The number of aromatic nitrogens is 2. The van der Waals surface area contributed by atoms with Crippen LogP contribution in [-0.2, 0) is 11.2 Å². The molecule has 0 saturated carbocycles. The lowest BCUT2D eigenvalue weighted by Crippen LogP contribution is -2.22. The summed E-state index contributed by atoms with van der Waals surface area (Å²) in [5.74, 6) is 1.53. The molecule has 0 aliphatic heterocycles. The number of benzene rings is 2. The fourth-order valence-corrected chi connectivity index (χ4v) is 2.75. The third kappa shape index (κ3) is 3.30. The molecule has 2 aromatic heterocycles. The predicted molar refractivity (Wildman–Crippen MR) is 96.6 cm³/mol. The molecule has 0 aliphatic carbocycles. The summed E-state index contributed by atoms with van der Waals surface area (Å²) in [6.07, 6.45) is 2.50. The van der Waals surface area contributed by atoms with Crippen LogP contribution in [0.15, 0.2) is 77.5 Å². The highest BCUT2D eigenvalue weighted by atomic mass is 16.3. The van der Waals surface area contributed by atoms with Crippen LogP contribution in [0.1, 0.15) is 12.2 Å². The maximum atomic E-state index is 12.2. The Morgan fingerprint density at radius 2 is 1.80 bits per heavy atom. The van der Waals surface area contributed by atoms with E-state index < -0.39 is 0 Å². The van der Waals surface area contributed by atoms with Crippen LogP contribution in [0.25, 0.3) is 22.4 Å². The van der Waals surface area contributed by atoms with Gasteiger partial charge in [-0.3, -0.25) is 10.2 Å². The number of fused-ring (bicyclic) bond motifs is 1. The summed E-state index contributed by atoms with van der Waals surface area (Å²) in [6, 6.07) is 21.4. The van der Waals surface area contributed by atoms with E-state index in [1.165, 1.54) is 0 Å². The maximum absolute atomic E-state index is 12.2. The van der Waals surface area contributed by atoms with Gasteiger partial charge in [-0.05, 0) is 24.3 Å². The smallest absolute Gasteiger partial charge is 0.239 e. The number of hydrogen-bond acceptors (Lipinski definition) is 3. The topological polar surface area (TPSA) is 60.1 Å². The van der Waals surface area contributed by atoms with Gasteiger partial charge in [-0.15, -0.1) is 0 Å². The van der Waals surface area contributed by atoms with Crippen molar-refractivity contribution in [1.29, 1.82) is 0 Å². The van der Waals surface area contributed by atoms with Crippen LogP contribution in [0.3, 0.4) is 0 Å². The van der Waals surface area contributed by atoms with E-state index in [4.69, 9.17) is 4.42 Å². The second kappa shape index (κ2) is 6.65. The second-order valence-corrected chi connectivity index (χ2v) is 5.77. The number of para-hydroxylation sites is 2. The third-order valence-electron chi connectivity index (χ3n) is 4.02. The Kier molecular flexibility index (Phi) is 4.04. The van der Waals surface area contributed by atoms with Gasteiger partial charge in [0.05, 0.1) is 11.0 Å². The molecule has 0 atom stereocenters. The van der Waals surface area contributed by atoms with Crippen LogP contribution >= 0.6 is 0 Å². The van der Waals surface area contributed by atoms with Gasteiger partial charge in [0.2, 0.25) is 5.91 Å². The van der Waals surface area contributed by atoms with Crippen molar-refractivity contribution in [1.82, 2.24) is 9.66 Å². The number of nitrogens with zero attached hydrogens (tertiary/aromatic N) is 2. The molecule has 2 heterocycles. The predicted octanol–water partition coefficient (Wildman–Crippen LogP) is 4.00. The molecule has 0 saturated heterocycles. The molecule has 2 aromatic carbocycles. The lowest BCUT2D eigenvalue weighted by atomic mass is 10.2. The maximum Gasteiger partial charge on any atom is 0.239 e. The minimum atomic E-state index is -0.0826. The molecule has 0 radical (unpaired) electrons. The van der Waals surface area contributed by atoms with Gasteiger partial charge in [-0.2, -0.15) is 0 Å². The van der Waals surface area contributed by atoms with Gasteiger partial charge in [0.15, 0.2) is 0 Å².